The lowest BCUT2D eigenvalue weighted by atomic mass is 10.1. The van der Waals surface area contributed by atoms with E-state index in [9.17, 15) is 14.4 Å². The molecule has 13 heteroatoms. The summed E-state index contributed by atoms with van der Waals surface area (Å²) >= 11 is 0. The van der Waals surface area contributed by atoms with Crippen LogP contribution in [0.2, 0.25) is 0 Å². The number of hydrogen-bond acceptors (Lipinski definition) is 7. The summed E-state index contributed by atoms with van der Waals surface area (Å²) in [6.07, 6.45) is 3.55. The second kappa shape index (κ2) is 10.2. The van der Waals surface area contributed by atoms with E-state index < -0.39 is 30.0 Å². The van der Waals surface area contributed by atoms with E-state index in [2.05, 4.69) is 15.3 Å². The SMILES string of the molecule is N=C(N)NCCCCC(N)CN(CC(=O)O)C(=O)Cn1ccc2c(=O)[nH]c(N)nc21. The molecule has 0 saturated carbocycles. The number of nitrogen functional groups attached to an aromatic ring is 1. The molecule has 1 atom stereocenters. The minimum atomic E-state index is -1.16. The molecule has 0 aromatic carbocycles. The Kier molecular flexibility index (Phi) is 7.75. The Labute approximate surface area is 171 Å². The summed E-state index contributed by atoms with van der Waals surface area (Å²) < 4.78 is 1.44. The van der Waals surface area contributed by atoms with Gasteiger partial charge in [-0.15, -0.1) is 0 Å². The summed E-state index contributed by atoms with van der Waals surface area (Å²) in [7, 11) is 0. The third-order valence-corrected chi connectivity index (χ3v) is 4.40. The number of hydrogen-bond donors (Lipinski definition) is 7. The van der Waals surface area contributed by atoms with Gasteiger partial charge >= 0.3 is 5.97 Å². The molecule has 0 radical (unpaired) electrons. The summed E-state index contributed by atoms with van der Waals surface area (Å²) in [6.45, 7) is -0.0912. The number of guanidine groups is 1. The summed E-state index contributed by atoms with van der Waals surface area (Å²) in [5.74, 6) is -1.81. The molecule has 0 aliphatic heterocycles. The Morgan fingerprint density at radius 3 is 2.80 bits per heavy atom. The highest BCUT2D eigenvalue weighted by atomic mass is 16.4. The summed E-state index contributed by atoms with van der Waals surface area (Å²) in [5.41, 5.74) is 16.7. The highest BCUT2D eigenvalue weighted by Crippen LogP contribution is 2.11. The number of carbonyl (C=O) groups excluding carboxylic acids is 1. The molecule has 1 unspecified atom stereocenters. The fourth-order valence-electron chi connectivity index (χ4n) is 3.01. The highest BCUT2D eigenvalue weighted by molar-refractivity contribution is 5.83. The van der Waals surface area contributed by atoms with Gasteiger partial charge in [0.25, 0.3) is 5.56 Å². The van der Waals surface area contributed by atoms with Gasteiger partial charge in [0.15, 0.2) is 5.96 Å². The van der Waals surface area contributed by atoms with E-state index in [1.807, 2.05) is 0 Å². The number of aromatic nitrogens is 3. The molecule has 10 N–H and O–H groups in total. The standard InChI is InChI=1S/C17H27N9O4/c18-10(3-1-2-5-22-16(19)20)7-26(9-13(28)29)12(27)8-25-6-4-11-14(25)23-17(21)24-15(11)30/h4,6,10H,1-3,5,7-9,18H2,(H,28,29)(H4,19,20,22)(H3,21,23,24,30). The van der Waals surface area contributed by atoms with Crippen LogP contribution in [0.4, 0.5) is 5.95 Å². The van der Waals surface area contributed by atoms with Gasteiger partial charge in [-0.05, 0) is 18.9 Å². The largest absolute Gasteiger partial charge is 0.480 e. The normalized spacial score (nSPS) is 11.9. The zero-order chi connectivity index (χ0) is 22.3. The number of nitrogens with zero attached hydrogens (tertiary/aromatic N) is 3. The number of fused-ring (bicyclic) bond motifs is 1. The molecule has 0 spiro atoms. The molecule has 0 aliphatic rings. The summed E-state index contributed by atoms with van der Waals surface area (Å²) in [5, 5.41) is 19.2. The molecule has 2 rings (SSSR count). The van der Waals surface area contributed by atoms with E-state index in [0.717, 1.165) is 12.8 Å². The number of unbranched alkanes of at least 4 members (excludes halogenated alkanes) is 1. The van der Waals surface area contributed by atoms with Crippen molar-refractivity contribution in [1.82, 2.24) is 24.8 Å². The molecule has 30 heavy (non-hydrogen) atoms. The first-order chi connectivity index (χ1) is 14.2. The Morgan fingerprint density at radius 1 is 1.40 bits per heavy atom. The Hall–Kier alpha value is -3.61. The first kappa shape index (κ1) is 22.7. The van der Waals surface area contributed by atoms with Gasteiger partial charge in [0.1, 0.15) is 18.7 Å². The molecule has 2 aromatic heterocycles. The lowest BCUT2D eigenvalue weighted by Gasteiger charge is -2.24. The third kappa shape index (κ3) is 6.48. The van der Waals surface area contributed by atoms with Crippen LogP contribution < -0.4 is 28.1 Å². The lowest BCUT2D eigenvalue weighted by molar-refractivity contribution is -0.144. The molecular weight excluding hydrogens is 394 g/mol. The number of H-pyrrole nitrogens is 1. The maximum atomic E-state index is 12.7. The molecule has 2 heterocycles. The van der Waals surface area contributed by atoms with Gasteiger partial charge in [-0.3, -0.25) is 24.8 Å². The smallest absolute Gasteiger partial charge is 0.323 e. The average molecular weight is 421 g/mol. The number of nitrogens with one attached hydrogen (secondary N) is 3. The molecule has 0 fully saturated rings. The Morgan fingerprint density at radius 2 is 2.13 bits per heavy atom. The number of nitrogens with two attached hydrogens (primary N) is 3. The van der Waals surface area contributed by atoms with Crippen molar-refractivity contribution in [2.75, 3.05) is 25.4 Å². The van der Waals surface area contributed by atoms with Crippen molar-refractivity contribution in [3.8, 4) is 0 Å². The number of amides is 1. The van der Waals surface area contributed by atoms with Gasteiger partial charge in [0, 0.05) is 25.3 Å². The van der Waals surface area contributed by atoms with Gasteiger partial charge in [0.05, 0.1) is 5.39 Å². The predicted octanol–water partition coefficient (Wildman–Crippen LogP) is -1.80. The van der Waals surface area contributed by atoms with E-state index in [1.165, 1.54) is 21.7 Å². The monoisotopic (exact) mass is 421 g/mol. The Bertz CT molecular complexity index is 968. The quantitative estimate of drug-likeness (QED) is 0.123. The van der Waals surface area contributed by atoms with Crippen LogP contribution in [0.5, 0.6) is 0 Å². The van der Waals surface area contributed by atoms with Gasteiger partial charge in [-0.1, -0.05) is 6.42 Å². The summed E-state index contributed by atoms with van der Waals surface area (Å²) in [4.78, 5) is 43.4. The zero-order valence-electron chi connectivity index (χ0n) is 16.4. The van der Waals surface area contributed by atoms with Crippen molar-refractivity contribution in [2.45, 2.75) is 31.8 Å². The number of aromatic amines is 1. The van der Waals surface area contributed by atoms with Crippen LogP contribution in [-0.4, -0.2) is 68.1 Å². The van der Waals surface area contributed by atoms with Crippen molar-refractivity contribution in [3.05, 3.63) is 22.6 Å². The van der Waals surface area contributed by atoms with Crippen LogP contribution in [0.15, 0.2) is 17.1 Å². The maximum absolute atomic E-state index is 12.7. The van der Waals surface area contributed by atoms with Crippen molar-refractivity contribution < 1.29 is 14.7 Å². The first-order valence-electron chi connectivity index (χ1n) is 9.35. The molecule has 164 valence electrons. The van der Waals surface area contributed by atoms with Crippen molar-refractivity contribution in [1.29, 1.82) is 5.41 Å². The second-order valence-electron chi connectivity index (χ2n) is 6.90. The van der Waals surface area contributed by atoms with Crippen LogP contribution in [0.3, 0.4) is 0 Å². The van der Waals surface area contributed by atoms with Crippen molar-refractivity contribution in [3.63, 3.8) is 0 Å². The second-order valence-corrected chi connectivity index (χ2v) is 6.90. The minimum Gasteiger partial charge on any atom is -0.480 e. The lowest BCUT2D eigenvalue weighted by Crippen LogP contribution is -2.45. The molecule has 1 amide bonds. The van der Waals surface area contributed by atoms with Gasteiger partial charge in [0.2, 0.25) is 11.9 Å². The van der Waals surface area contributed by atoms with Crippen LogP contribution >= 0.6 is 0 Å². The zero-order valence-corrected chi connectivity index (χ0v) is 16.4. The number of carboxylic acids is 1. The number of rotatable bonds is 11. The fraction of sp³-hybridized carbons (Fsp3) is 0.471. The number of aliphatic carboxylic acids is 1. The molecular formula is C17H27N9O4. The van der Waals surface area contributed by atoms with Crippen molar-refractivity contribution >= 4 is 34.8 Å². The maximum Gasteiger partial charge on any atom is 0.323 e. The predicted molar refractivity (Wildman–Crippen MR) is 111 cm³/mol. The summed E-state index contributed by atoms with van der Waals surface area (Å²) in [6, 6.07) is 1.10. The van der Waals surface area contributed by atoms with Crippen LogP contribution in [-0.2, 0) is 16.1 Å². The van der Waals surface area contributed by atoms with Crippen LogP contribution in [0.1, 0.15) is 19.3 Å². The number of carbonyl (C=O) groups is 2. The third-order valence-electron chi connectivity index (χ3n) is 4.40. The minimum absolute atomic E-state index is 0.0701. The van der Waals surface area contributed by atoms with Crippen LogP contribution in [0.25, 0.3) is 11.0 Å². The van der Waals surface area contributed by atoms with Crippen molar-refractivity contribution in [2.24, 2.45) is 11.5 Å². The van der Waals surface area contributed by atoms with Gasteiger partial charge in [-0.2, -0.15) is 4.98 Å². The molecule has 13 nitrogen and oxygen atoms in total. The molecule has 0 bridgehead atoms. The van der Waals surface area contributed by atoms with E-state index in [0.29, 0.717) is 13.0 Å². The van der Waals surface area contributed by atoms with Gasteiger partial charge in [-0.25, -0.2) is 0 Å². The average Bonchev–Trinajstić information content (AvgIpc) is 3.03. The Balaban J connectivity index is 2.01. The van der Waals surface area contributed by atoms with E-state index >= 15 is 0 Å². The number of anilines is 1. The highest BCUT2D eigenvalue weighted by Gasteiger charge is 2.21. The molecule has 0 aliphatic carbocycles. The molecule has 0 saturated heterocycles. The van der Waals surface area contributed by atoms with E-state index in [1.54, 1.807) is 0 Å². The number of carboxylic acid groups (broad SMARTS) is 1. The van der Waals surface area contributed by atoms with E-state index in [-0.39, 0.29) is 36.0 Å². The molecule has 2 aromatic rings. The fourth-order valence-corrected chi connectivity index (χ4v) is 3.01. The first-order valence-corrected chi connectivity index (χ1v) is 9.35. The topological polar surface area (TPSA) is 222 Å². The van der Waals surface area contributed by atoms with Gasteiger partial charge < -0.3 is 37.1 Å². The van der Waals surface area contributed by atoms with Crippen LogP contribution in [0, 0.1) is 5.41 Å². The van der Waals surface area contributed by atoms with E-state index in [4.69, 9.17) is 27.7 Å².